The average molecular weight is 367 g/mol. The van der Waals surface area contributed by atoms with Crippen LogP contribution in [-0.4, -0.2) is 41.6 Å². The second-order valence-electron chi connectivity index (χ2n) is 6.55. The molecule has 0 bridgehead atoms. The molecule has 0 saturated carbocycles. The van der Waals surface area contributed by atoms with Crippen molar-refractivity contribution in [1.29, 1.82) is 0 Å². The van der Waals surface area contributed by atoms with Crippen LogP contribution in [0, 0.1) is 6.92 Å². The highest BCUT2D eigenvalue weighted by Gasteiger charge is 2.27. The second kappa shape index (κ2) is 7.05. The van der Waals surface area contributed by atoms with E-state index in [2.05, 4.69) is 41.4 Å². The summed E-state index contributed by atoms with van der Waals surface area (Å²) in [6.07, 6.45) is 0.777. The second-order valence-corrected chi connectivity index (χ2v) is 7.58. The van der Waals surface area contributed by atoms with Gasteiger partial charge in [0.2, 0.25) is 0 Å². The highest BCUT2D eigenvalue weighted by molar-refractivity contribution is 7.17. The number of anilines is 1. The van der Waals surface area contributed by atoms with Crippen molar-refractivity contribution in [2.45, 2.75) is 19.4 Å². The van der Waals surface area contributed by atoms with E-state index in [0.29, 0.717) is 35.4 Å². The number of hydrogen-bond donors (Lipinski definition) is 1. The van der Waals surface area contributed by atoms with Gasteiger partial charge in [-0.15, -0.1) is 0 Å². The summed E-state index contributed by atoms with van der Waals surface area (Å²) < 4.78 is 5.95. The van der Waals surface area contributed by atoms with Gasteiger partial charge in [-0.05, 0) is 23.3 Å². The third kappa shape index (κ3) is 3.30. The van der Waals surface area contributed by atoms with Crippen LogP contribution in [0.1, 0.15) is 20.9 Å². The number of morpholine rings is 1. The Kier molecular flexibility index (Phi) is 4.61. The fraction of sp³-hybridized carbons (Fsp3) is 0.300. The Hall–Kier alpha value is -2.44. The number of aromatic nitrogens is 1. The van der Waals surface area contributed by atoms with E-state index in [1.165, 1.54) is 27.7 Å². The van der Waals surface area contributed by atoms with Crippen molar-refractivity contribution in [3.8, 4) is 0 Å². The first-order chi connectivity index (χ1) is 12.6. The minimum atomic E-state index is -0.0101. The van der Waals surface area contributed by atoms with E-state index in [4.69, 9.17) is 10.5 Å². The predicted molar refractivity (Wildman–Crippen MR) is 105 cm³/mol. The number of nitrogen functional groups attached to an aromatic ring is 1. The van der Waals surface area contributed by atoms with Crippen molar-refractivity contribution in [3.63, 3.8) is 0 Å². The third-order valence-corrected chi connectivity index (χ3v) is 5.74. The zero-order valence-corrected chi connectivity index (χ0v) is 15.5. The van der Waals surface area contributed by atoms with Crippen molar-refractivity contribution >= 4 is 33.1 Å². The Morgan fingerprint density at radius 1 is 1.31 bits per heavy atom. The van der Waals surface area contributed by atoms with Gasteiger partial charge in [0.05, 0.1) is 18.4 Å². The molecule has 1 saturated heterocycles. The lowest BCUT2D eigenvalue weighted by molar-refractivity contribution is -0.0205. The van der Waals surface area contributed by atoms with Crippen molar-refractivity contribution in [3.05, 3.63) is 58.6 Å². The molecule has 26 heavy (non-hydrogen) atoms. The van der Waals surface area contributed by atoms with E-state index in [1.807, 2.05) is 17.9 Å². The quantitative estimate of drug-likeness (QED) is 0.771. The van der Waals surface area contributed by atoms with Crippen LogP contribution < -0.4 is 5.73 Å². The van der Waals surface area contributed by atoms with Crippen LogP contribution in [0.15, 0.2) is 42.5 Å². The van der Waals surface area contributed by atoms with Crippen LogP contribution >= 0.6 is 11.3 Å². The number of aryl methyl sites for hydroxylation is 1. The van der Waals surface area contributed by atoms with Gasteiger partial charge in [-0.25, -0.2) is 4.98 Å². The molecular formula is C20H21N3O2S. The molecule has 2 heterocycles. The number of benzene rings is 2. The van der Waals surface area contributed by atoms with Crippen molar-refractivity contribution in [2.24, 2.45) is 0 Å². The van der Waals surface area contributed by atoms with Gasteiger partial charge in [0.1, 0.15) is 4.88 Å². The summed E-state index contributed by atoms with van der Waals surface area (Å²) in [6.45, 7) is 3.56. The zero-order valence-electron chi connectivity index (χ0n) is 14.6. The minimum absolute atomic E-state index is 0.00270. The molecule has 6 heteroatoms. The summed E-state index contributed by atoms with van der Waals surface area (Å²) in [6, 6.07) is 14.7. The van der Waals surface area contributed by atoms with E-state index >= 15 is 0 Å². The fourth-order valence-electron chi connectivity index (χ4n) is 3.50. The molecule has 1 aliphatic heterocycles. The van der Waals surface area contributed by atoms with Crippen LogP contribution in [-0.2, 0) is 11.2 Å². The topological polar surface area (TPSA) is 68.5 Å². The number of nitrogens with zero attached hydrogens (tertiary/aromatic N) is 2. The molecule has 0 aliphatic carbocycles. The molecule has 0 spiro atoms. The molecule has 134 valence electrons. The number of carbonyl (C=O) groups is 1. The minimum Gasteiger partial charge on any atom is -0.375 e. The lowest BCUT2D eigenvalue weighted by Crippen LogP contribution is -2.46. The Morgan fingerprint density at radius 2 is 2.12 bits per heavy atom. The van der Waals surface area contributed by atoms with Crippen LogP contribution in [0.25, 0.3) is 10.8 Å². The van der Waals surface area contributed by atoms with Crippen LogP contribution in [0.2, 0.25) is 0 Å². The maximum Gasteiger partial charge on any atom is 0.266 e. The van der Waals surface area contributed by atoms with Crippen molar-refractivity contribution < 1.29 is 9.53 Å². The molecule has 0 unspecified atom stereocenters. The van der Waals surface area contributed by atoms with Gasteiger partial charge in [-0.1, -0.05) is 53.8 Å². The number of amides is 1. The van der Waals surface area contributed by atoms with Crippen molar-refractivity contribution in [1.82, 2.24) is 9.88 Å². The smallest absolute Gasteiger partial charge is 0.266 e. The number of ether oxygens (including phenoxy) is 1. The fourth-order valence-corrected chi connectivity index (χ4v) is 4.30. The molecule has 1 aromatic heterocycles. The first-order valence-corrected chi connectivity index (χ1v) is 9.54. The molecule has 1 atom stereocenters. The van der Waals surface area contributed by atoms with E-state index in [1.54, 1.807) is 0 Å². The summed E-state index contributed by atoms with van der Waals surface area (Å²) in [4.78, 5) is 19.5. The predicted octanol–water partition coefficient (Wildman–Crippen LogP) is 3.27. The van der Waals surface area contributed by atoms with E-state index < -0.39 is 0 Å². The molecule has 1 aliphatic rings. The number of thiazole rings is 1. The number of carbonyl (C=O) groups excluding carboxylic acids is 1. The molecule has 2 N–H and O–H groups in total. The van der Waals surface area contributed by atoms with Gasteiger partial charge in [0.15, 0.2) is 5.13 Å². The van der Waals surface area contributed by atoms with E-state index in [-0.39, 0.29) is 12.0 Å². The first-order valence-electron chi connectivity index (χ1n) is 8.72. The zero-order chi connectivity index (χ0) is 18.1. The third-order valence-electron chi connectivity index (χ3n) is 4.76. The van der Waals surface area contributed by atoms with Gasteiger partial charge < -0.3 is 15.4 Å². The van der Waals surface area contributed by atoms with Gasteiger partial charge in [0, 0.05) is 19.5 Å². The van der Waals surface area contributed by atoms with E-state index in [9.17, 15) is 4.79 Å². The monoisotopic (exact) mass is 367 g/mol. The molecule has 2 aromatic carbocycles. The van der Waals surface area contributed by atoms with E-state index in [0.717, 1.165) is 6.42 Å². The maximum atomic E-state index is 12.8. The summed E-state index contributed by atoms with van der Waals surface area (Å²) in [5.74, 6) is 0.00270. The molecule has 1 amide bonds. The van der Waals surface area contributed by atoms with Crippen LogP contribution in [0.3, 0.4) is 0 Å². The van der Waals surface area contributed by atoms with Gasteiger partial charge >= 0.3 is 0 Å². The summed E-state index contributed by atoms with van der Waals surface area (Å²) in [7, 11) is 0. The van der Waals surface area contributed by atoms with Crippen LogP contribution in [0.4, 0.5) is 5.13 Å². The number of nitrogens with two attached hydrogens (primary N) is 1. The molecular weight excluding hydrogens is 346 g/mol. The molecule has 0 radical (unpaired) electrons. The number of hydrogen-bond acceptors (Lipinski definition) is 5. The Balaban J connectivity index is 1.52. The standard InChI is InChI=1S/C20H21N3O2S/c1-13-18(26-20(21)22-13)19(24)23-9-10-25-16(12-23)11-15-7-4-6-14-5-2-3-8-17(14)15/h2-8,16H,9-12H2,1H3,(H2,21,22)/t16-/m0/s1. The van der Waals surface area contributed by atoms with Crippen LogP contribution in [0.5, 0.6) is 0 Å². The highest BCUT2D eigenvalue weighted by atomic mass is 32.1. The summed E-state index contributed by atoms with van der Waals surface area (Å²) >= 11 is 1.26. The molecule has 5 nitrogen and oxygen atoms in total. The number of fused-ring (bicyclic) bond motifs is 1. The summed E-state index contributed by atoms with van der Waals surface area (Å²) in [5, 5.41) is 2.91. The first kappa shape index (κ1) is 17.0. The Morgan fingerprint density at radius 3 is 2.92 bits per heavy atom. The average Bonchev–Trinajstić information content (AvgIpc) is 3.00. The molecule has 1 fully saturated rings. The number of rotatable bonds is 3. The summed E-state index contributed by atoms with van der Waals surface area (Å²) in [5.41, 5.74) is 7.69. The Labute approximate surface area is 156 Å². The lowest BCUT2D eigenvalue weighted by Gasteiger charge is -2.33. The normalized spacial score (nSPS) is 17.6. The molecule has 4 rings (SSSR count). The maximum absolute atomic E-state index is 12.8. The SMILES string of the molecule is Cc1nc(N)sc1C(=O)N1CCO[C@@H](Cc2cccc3ccccc23)C1. The van der Waals surface area contributed by atoms with Gasteiger partial charge in [0.25, 0.3) is 5.91 Å². The van der Waals surface area contributed by atoms with Gasteiger partial charge in [-0.2, -0.15) is 0 Å². The Bertz CT molecular complexity index is 948. The van der Waals surface area contributed by atoms with Gasteiger partial charge in [-0.3, -0.25) is 4.79 Å². The highest BCUT2D eigenvalue weighted by Crippen LogP contribution is 2.24. The molecule has 3 aromatic rings. The lowest BCUT2D eigenvalue weighted by atomic mass is 9.99. The largest absolute Gasteiger partial charge is 0.375 e. The van der Waals surface area contributed by atoms with Crippen molar-refractivity contribution in [2.75, 3.05) is 25.4 Å².